The number of benzene rings is 2. The molecule has 156 valence electrons. The second kappa shape index (κ2) is 9.11. The Bertz CT molecular complexity index is 1390. The van der Waals surface area contributed by atoms with E-state index < -0.39 is 0 Å². The van der Waals surface area contributed by atoms with E-state index in [1.165, 1.54) is 6.92 Å². The molecule has 0 aliphatic rings. The van der Waals surface area contributed by atoms with Crippen LogP contribution in [-0.4, -0.2) is 15.9 Å². The molecule has 0 aliphatic carbocycles. The molecule has 2 aromatic heterocycles. The van der Waals surface area contributed by atoms with Crippen LogP contribution < -0.4 is 5.56 Å². The number of nitrogens with zero attached hydrogens (tertiary/aromatic N) is 2. The van der Waals surface area contributed by atoms with E-state index in [-0.39, 0.29) is 18.1 Å². The number of pyridine rings is 2. The van der Waals surface area contributed by atoms with Crippen LogP contribution in [0, 0.1) is 11.3 Å². The summed E-state index contributed by atoms with van der Waals surface area (Å²) in [5.41, 5.74) is 4.59. The first-order valence-electron chi connectivity index (χ1n) is 9.97. The Balaban J connectivity index is 2.03. The number of carbonyl (C=O) groups is 1. The van der Waals surface area contributed by atoms with E-state index in [1.807, 2.05) is 42.5 Å². The van der Waals surface area contributed by atoms with E-state index in [0.29, 0.717) is 27.9 Å². The molecule has 0 fully saturated rings. The first-order chi connectivity index (χ1) is 15.6. The summed E-state index contributed by atoms with van der Waals surface area (Å²) in [7, 11) is 0. The van der Waals surface area contributed by atoms with Gasteiger partial charge in [-0.3, -0.25) is 14.6 Å². The highest BCUT2D eigenvalue weighted by atomic mass is 16.5. The number of hydrogen-bond donors (Lipinski definition) is 1. The zero-order valence-electron chi connectivity index (χ0n) is 17.3. The van der Waals surface area contributed by atoms with Gasteiger partial charge in [0.15, 0.2) is 0 Å². The number of nitrogens with one attached hydrogen (secondary N) is 1. The third kappa shape index (κ3) is 4.18. The van der Waals surface area contributed by atoms with Crippen molar-refractivity contribution in [2.75, 3.05) is 0 Å². The molecule has 0 saturated carbocycles. The van der Waals surface area contributed by atoms with Crippen LogP contribution in [0.5, 0.6) is 0 Å². The molecule has 2 aromatic carbocycles. The summed E-state index contributed by atoms with van der Waals surface area (Å²) in [4.78, 5) is 31.6. The fourth-order valence-corrected chi connectivity index (χ4v) is 3.61. The lowest BCUT2D eigenvalue weighted by atomic mass is 9.89. The minimum absolute atomic E-state index is 0.120. The van der Waals surface area contributed by atoms with Crippen LogP contribution in [0.2, 0.25) is 0 Å². The lowest BCUT2D eigenvalue weighted by Crippen LogP contribution is -2.12. The zero-order chi connectivity index (χ0) is 22.5. The van der Waals surface area contributed by atoms with Crippen molar-refractivity contribution in [3.8, 4) is 39.6 Å². The van der Waals surface area contributed by atoms with Crippen LogP contribution in [0.25, 0.3) is 33.5 Å². The van der Waals surface area contributed by atoms with Gasteiger partial charge in [0.05, 0.1) is 22.9 Å². The summed E-state index contributed by atoms with van der Waals surface area (Å²) in [5.74, 6) is -0.371. The van der Waals surface area contributed by atoms with Crippen LogP contribution in [0.15, 0.2) is 83.9 Å². The Morgan fingerprint density at radius 2 is 1.84 bits per heavy atom. The van der Waals surface area contributed by atoms with Crippen molar-refractivity contribution in [1.29, 1.82) is 5.26 Å². The maximum Gasteiger partial charge on any atom is 0.302 e. The molecule has 0 aliphatic heterocycles. The summed E-state index contributed by atoms with van der Waals surface area (Å²) in [6.07, 6.45) is 3.32. The number of nitriles is 1. The lowest BCUT2D eigenvalue weighted by molar-refractivity contribution is -0.142. The van der Waals surface area contributed by atoms with Crippen molar-refractivity contribution in [3.63, 3.8) is 0 Å². The van der Waals surface area contributed by atoms with Gasteiger partial charge in [0.2, 0.25) is 0 Å². The molecule has 0 amide bonds. The number of carbonyl (C=O) groups excluding carboxylic acids is 1. The summed E-state index contributed by atoms with van der Waals surface area (Å²) in [5, 5.41) is 9.66. The van der Waals surface area contributed by atoms with Gasteiger partial charge in [-0.05, 0) is 35.4 Å². The minimum Gasteiger partial charge on any atom is -0.461 e. The van der Waals surface area contributed by atoms with Crippen LogP contribution in [0.4, 0.5) is 0 Å². The zero-order valence-corrected chi connectivity index (χ0v) is 17.3. The van der Waals surface area contributed by atoms with Crippen molar-refractivity contribution in [2.24, 2.45) is 0 Å². The van der Waals surface area contributed by atoms with Crippen molar-refractivity contribution >= 4 is 5.97 Å². The summed E-state index contributed by atoms with van der Waals surface area (Å²) < 4.78 is 5.15. The fraction of sp³-hybridized carbons (Fsp3) is 0.0769. The molecule has 0 bridgehead atoms. The normalized spacial score (nSPS) is 10.4. The van der Waals surface area contributed by atoms with Gasteiger partial charge >= 0.3 is 5.97 Å². The summed E-state index contributed by atoms with van der Waals surface area (Å²) >= 11 is 0. The fourth-order valence-electron chi connectivity index (χ4n) is 3.61. The Hall–Kier alpha value is -4.50. The number of aromatic nitrogens is 2. The topological polar surface area (TPSA) is 95.8 Å². The largest absolute Gasteiger partial charge is 0.461 e. The number of hydrogen-bond acceptors (Lipinski definition) is 5. The maximum absolute atomic E-state index is 13.1. The smallest absolute Gasteiger partial charge is 0.302 e. The van der Waals surface area contributed by atoms with E-state index in [1.54, 1.807) is 36.7 Å². The summed E-state index contributed by atoms with van der Waals surface area (Å²) in [6.45, 7) is 1.48. The third-order valence-electron chi connectivity index (χ3n) is 5.01. The van der Waals surface area contributed by atoms with Gasteiger partial charge in [0.1, 0.15) is 6.61 Å². The Labute approximate surface area is 184 Å². The van der Waals surface area contributed by atoms with Gasteiger partial charge in [-0.2, -0.15) is 5.26 Å². The molecule has 4 rings (SSSR count). The Kier molecular flexibility index (Phi) is 5.91. The lowest BCUT2D eigenvalue weighted by Gasteiger charge is -2.16. The highest BCUT2D eigenvalue weighted by Crippen LogP contribution is 2.38. The molecule has 1 N–H and O–H groups in total. The van der Waals surface area contributed by atoms with E-state index in [2.05, 4.69) is 16.0 Å². The predicted octanol–water partition coefficient (Wildman–Crippen LogP) is 4.71. The van der Waals surface area contributed by atoms with Gasteiger partial charge in [-0.15, -0.1) is 0 Å². The number of H-pyrrole nitrogens is 1. The molecule has 32 heavy (non-hydrogen) atoms. The Morgan fingerprint density at radius 1 is 1.03 bits per heavy atom. The second-order valence-corrected chi connectivity index (χ2v) is 7.13. The molecule has 6 heteroatoms. The first-order valence-corrected chi connectivity index (χ1v) is 9.97. The molecule has 4 aromatic rings. The highest BCUT2D eigenvalue weighted by molar-refractivity contribution is 5.94. The van der Waals surface area contributed by atoms with Crippen molar-refractivity contribution < 1.29 is 9.53 Å². The van der Waals surface area contributed by atoms with Crippen LogP contribution in [-0.2, 0) is 16.1 Å². The van der Waals surface area contributed by atoms with Crippen molar-refractivity contribution in [1.82, 2.24) is 9.97 Å². The van der Waals surface area contributed by atoms with Gasteiger partial charge in [0.25, 0.3) is 5.56 Å². The molecular weight excluding hydrogens is 402 g/mol. The molecule has 0 atom stereocenters. The molecule has 0 unspecified atom stereocenters. The monoisotopic (exact) mass is 421 g/mol. The summed E-state index contributed by atoms with van der Waals surface area (Å²) in [6, 6.07) is 22.2. The average Bonchev–Trinajstić information content (AvgIpc) is 2.83. The quantitative estimate of drug-likeness (QED) is 0.471. The molecular formula is C26H19N3O3. The van der Waals surface area contributed by atoms with E-state index in [9.17, 15) is 14.9 Å². The standard InChI is InChI=1S/C26H19N3O3/c1-17(30)32-16-18-7-6-9-19(13-18)24-22(23-11-4-5-12-28-23)15-29-26(31)25(24)21-10-3-2-8-20(21)14-27/h2-13,15H,16H2,1H3,(H,29,31). The number of ether oxygens (including phenoxy) is 1. The van der Waals surface area contributed by atoms with Gasteiger partial charge in [0, 0.05) is 36.0 Å². The van der Waals surface area contributed by atoms with Gasteiger partial charge in [-0.1, -0.05) is 42.5 Å². The maximum atomic E-state index is 13.1. The molecule has 0 spiro atoms. The van der Waals surface area contributed by atoms with E-state index in [0.717, 1.165) is 16.7 Å². The number of rotatable bonds is 5. The molecule has 0 saturated heterocycles. The third-order valence-corrected chi connectivity index (χ3v) is 5.01. The van der Waals surface area contributed by atoms with Crippen LogP contribution in [0.1, 0.15) is 18.1 Å². The average molecular weight is 421 g/mol. The van der Waals surface area contributed by atoms with E-state index in [4.69, 9.17) is 4.74 Å². The predicted molar refractivity (Wildman–Crippen MR) is 121 cm³/mol. The van der Waals surface area contributed by atoms with Gasteiger partial charge in [-0.25, -0.2) is 0 Å². The number of aromatic amines is 1. The first kappa shape index (κ1) is 20.8. The second-order valence-electron chi connectivity index (χ2n) is 7.13. The molecule has 2 heterocycles. The van der Waals surface area contributed by atoms with Crippen molar-refractivity contribution in [2.45, 2.75) is 13.5 Å². The highest BCUT2D eigenvalue weighted by Gasteiger charge is 2.20. The number of esters is 1. The molecule has 6 nitrogen and oxygen atoms in total. The van der Waals surface area contributed by atoms with Crippen molar-refractivity contribution in [3.05, 3.63) is 101 Å². The SMILES string of the molecule is CC(=O)OCc1cccc(-c2c(-c3ccccn3)c[nH]c(=O)c2-c2ccccc2C#N)c1. The molecule has 0 radical (unpaired) electrons. The van der Waals surface area contributed by atoms with Crippen LogP contribution >= 0.6 is 0 Å². The van der Waals surface area contributed by atoms with Gasteiger partial charge < -0.3 is 9.72 Å². The minimum atomic E-state index is -0.371. The Morgan fingerprint density at radius 3 is 2.59 bits per heavy atom. The van der Waals surface area contributed by atoms with Crippen LogP contribution in [0.3, 0.4) is 0 Å². The van der Waals surface area contributed by atoms with E-state index >= 15 is 0 Å².